The molecule has 174 valence electrons. The van der Waals surface area contributed by atoms with Gasteiger partial charge in [-0.25, -0.2) is 0 Å². The number of aryl methyl sites for hydroxylation is 1. The second-order valence-corrected chi connectivity index (χ2v) is 7.93. The van der Waals surface area contributed by atoms with Gasteiger partial charge in [0.15, 0.2) is 0 Å². The number of hydrogen-bond donors (Lipinski definition) is 4. The minimum atomic E-state index is -0.680. The third-order valence-electron chi connectivity index (χ3n) is 4.88. The predicted molar refractivity (Wildman–Crippen MR) is 127 cm³/mol. The summed E-state index contributed by atoms with van der Waals surface area (Å²) < 4.78 is 11.3. The van der Waals surface area contributed by atoms with Gasteiger partial charge >= 0.3 is 0 Å². The average molecular weight is 453 g/mol. The molecule has 2 aromatic carbocycles. The Bertz CT molecular complexity index is 769. The zero-order valence-corrected chi connectivity index (χ0v) is 19.9. The van der Waals surface area contributed by atoms with Crippen molar-refractivity contribution in [2.45, 2.75) is 52.2 Å². The number of hydrazine groups is 1. The molecule has 0 aliphatic rings. The van der Waals surface area contributed by atoms with Crippen molar-refractivity contribution in [2.24, 2.45) is 5.84 Å². The summed E-state index contributed by atoms with van der Waals surface area (Å²) >= 11 is 5.61. The van der Waals surface area contributed by atoms with Crippen molar-refractivity contribution >= 4 is 11.6 Å². The van der Waals surface area contributed by atoms with Gasteiger partial charge in [-0.05, 0) is 41.8 Å². The molecule has 0 aliphatic carbocycles. The first-order chi connectivity index (χ1) is 14.8. The fourth-order valence-electron chi connectivity index (χ4n) is 2.95. The third kappa shape index (κ3) is 8.31. The number of nitrogens with two attached hydrogens (primary N) is 1. The molecular formula is C24H37ClN2O4. The van der Waals surface area contributed by atoms with Crippen LogP contribution in [0, 0.1) is 6.92 Å². The first kappa shape index (κ1) is 27.2. The normalized spacial score (nSPS) is 13.1. The number of hydrogen-bond acceptors (Lipinski definition) is 6. The van der Waals surface area contributed by atoms with Gasteiger partial charge in [-0.2, -0.15) is 0 Å². The van der Waals surface area contributed by atoms with Crippen molar-refractivity contribution in [3.63, 3.8) is 0 Å². The Morgan fingerprint density at radius 2 is 1.55 bits per heavy atom. The summed E-state index contributed by atoms with van der Waals surface area (Å²) in [5.41, 5.74) is 5.49. The Kier molecular flexibility index (Phi) is 11.9. The highest BCUT2D eigenvalue weighted by atomic mass is 35.5. The lowest BCUT2D eigenvalue weighted by Crippen LogP contribution is -2.35. The minimum Gasteiger partial charge on any atom is -0.491 e. The van der Waals surface area contributed by atoms with Gasteiger partial charge in [0.1, 0.15) is 36.9 Å². The largest absolute Gasteiger partial charge is 0.491 e. The van der Waals surface area contributed by atoms with E-state index in [0.717, 1.165) is 22.4 Å². The van der Waals surface area contributed by atoms with Gasteiger partial charge in [0.25, 0.3) is 0 Å². The molecule has 0 saturated carbocycles. The molecule has 2 aromatic rings. The summed E-state index contributed by atoms with van der Waals surface area (Å²) in [5, 5.41) is 19.2. The minimum absolute atomic E-state index is 0.146. The fraction of sp³-hybridized carbons (Fsp3) is 0.500. The number of benzene rings is 2. The summed E-state index contributed by atoms with van der Waals surface area (Å²) in [6.07, 6.45) is -1.34. The van der Waals surface area contributed by atoms with E-state index in [9.17, 15) is 10.2 Å². The Labute approximate surface area is 191 Å². The summed E-state index contributed by atoms with van der Waals surface area (Å²) in [7, 11) is 0. The highest BCUT2D eigenvalue weighted by Crippen LogP contribution is 2.34. The van der Waals surface area contributed by atoms with Gasteiger partial charge in [0.05, 0.1) is 5.88 Å². The van der Waals surface area contributed by atoms with E-state index in [2.05, 4.69) is 25.3 Å². The highest BCUT2D eigenvalue weighted by molar-refractivity contribution is 6.18. The molecule has 31 heavy (non-hydrogen) atoms. The molecule has 0 heterocycles. The molecule has 0 amide bonds. The van der Waals surface area contributed by atoms with Gasteiger partial charge in [-0.1, -0.05) is 52.0 Å². The number of alkyl halides is 1. The summed E-state index contributed by atoms with van der Waals surface area (Å²) in [5.74, 6) is 6.77. The zero-order chi connectivity index (χ0) is 23.4. The fourth-order valence-corrected chi connectivity index (χ4v) is 3.04. The molecule has 0 aliphatic heterocycles. The lowest BCUT2D eigenvalue weighted by Gasteiger charge is -2.27. The molecule has 2 atom stereocenters. The van der Waals surface area contributed by atoms with Crippen LogP contribution in [0.25, 0.3) is 0 Å². The van der Waals surface area contributed by atoms with Crippen molar-refractivity contribution in [3.05, 3.63) is 59.2 Å². The van der Waals surface area contributed by atoms with Crippen LogP contribution in [-0.2, 0) is 5.41 Å². The van der Waals surface area contributed by atoms with E-state index in [1.807, 2.05) is 57.2 Å². The third-order valence-corrected chi connectivity index (χ3v) is 5.23. The molecule has 0 saturated heterocycles. The second-order valence-electron chi connectivity index (χ2n) is 7.62. The summed E-state index contributed by atoms with van der Waals surface area (Å²) in [4.78, 5) is 0. The lowest BCUT2D eigenvalue weighted by atomic mass is 9.77. The van der Waals surface area contributed by atoms with E-state index in [4.69, 9.17) is 26.9 Å². The molecule has 6 nitrogen and oxygen atoms in total. The van der Waals surface area contributed by atoms with E-state index in [1.54, 1.807) is 0 Å². The van der Waals surface area contributed by atoms with Crippen molar-refractivity contribution in [3.8, 4) is 11.5 Å². The van der Waals surface area contributed by atoms with Crippen LogP contribution in [-0.4, -0.2) is 48.1 Å². The summed E-state index contributed by atoms with van der Waals surface area (Å²) in [6.45, 7) is 10.9. The van der Waals surface area contributed by atoms with Crippen LogP contribution in [0.4, 0.5) is 0 Å². The zero-order valence-electron chi connectivity index (χ0n) is 19.2. The van der Waals surface area contributed by atoms with E-state index in [-0.39, 0.29) is 31.1 Å². The standard InChI is InChI=1S/C22H31ClN2O4.C2H6/c1-15-10-17(6-9-21(15)29-13-18(26)11-23)22(2,3)16-4-7-20(8-5-16)28-14-19(27)12-25-24;1-2/h4-10,18-19,25-27H,11-14,24H2,1-3H3;1-2H3. The molecule has 0 spiro atoms. The van der Waals surface area contributed by atoms with Crippen molar-refractivity contribution < 1.29 is 19.7 Å². The van der Waals surface area contributed by atoms with Gasteiger partial charge in [0.2, 0.25) is 0 Å². The summed E-state index contributed by atoms with van der Waals surface area (Å²) in [6, 6.07) is 13.9. The lowest BCUT2D eigenvalue weighted by molar-refractivity contribution is 0.106. The molecule has 0 radical (unpaired) electrons. The molecule has 5 N–H and O–H groups in total. The Morgan fingerprint density at radius 1 is 0.968 bits per heavy atom. The maximum atomic E-state index is 9.68. The second kappa shape index (κ2) is 13.6. The highest BCUT2D eigenvalue weighted by Gasteiger charge is 2.24. The smallest absolute Gasteiger partial charge is 0.122 e. The van der Waals surface area contributed by atoms with E-state index >= 15 is 0 Å². The van der Waals surface area contributed by atoms with Crippen LogP contribution < -0.4 is 20.7 Å². The van der Waals surface area contributed by atoms with Crippen molar-refractivity contribution in [2.75, 3.05) is 25.6 Å². The van der Waals surface area contributed by atoms with Gasteiger partial charge < -0.3 is 19.7 Å². The molecule has 0 bridgehead atoms. The molecule has 2 unspecified atom stereocenters. The van der Waals surface area contributed by atoms with Gasteiger partial charge in [-0.3, -0.25) is 11.3 Å². The molecule has 0 fully saturated rings. The van der Waals surface area contributed by atoms with E-state index in [1.165, 1.54) is 0 Å². The maximum absolute atomic E-state index is 9.68. The molecule has 2 rings (SSSR count). The monoisotopic (exact) mass is 452 g/mol. The van der Waals surface area contributed by atoms with Gasteiger partial charge in [-0.15, -0.1) is 11.6 Å². The first-order valence-electron chi connectivity index (χ1n) is 10.6. The molecular weight excluding hydrogens is 416 g/mol. The molecule has 7 heteroatoms. The van der Waals surface area contributed by atoms with Crippen LogP contribution in [0.15, 0.2) is 42.5 Å². The quantitative estimate of drug-likeness (QED) is 0.236. The van der Waals surface area contributed by atoms with E-state index < -0.39 is 12.2 Å². The number of nitrogens with one attached hydrogen (secondary N) is 1. The Morgan fingerprint density at radius 3 is 2.10 bits per heavy atom. The predicted octanol–water partition coefficient (Wildman–Crippen LogP) is 3.53. The Balaban J connectivity index is 0.00000233. The number of ether oxygens (including phenoxy) is 2. The topological polar surface area (TPSA) is 97.0 Å². The number of rotatable bonds is 11. The molecule has 0 aromatic heterocycles. The average Bonchev–Trinajstić information content (AvgIpc) is 2.78. The van der Waals surface area contributed by atoms with Crippen LogP contribution in [0.2, 0.25) is 0 Å². The number of aliphatic hydroxyl groups excluding tert-OH is 2. The van der Waals surface area contributed by atoms with Crippen LogP contribution in [0.5, 0.6) is 11.5 Å². The van der Waals surface area contributed by atoms with Gasteiger partial charge in [0, 0.05) is 12.0 Å². The SMILES string of the molecule is CC.Cc1cc(C(C)(C)c2ccc(OCC(O)CNN)cc2)ccc1OCC(O)CCl. The van der Waals surface area contributed by atoms with Crippen LogP contribution >= 0.6 is 11.6 Å². The first-order valence-corrected chi connectivity index (χ1v) is 11.1. The van der Waals surface area contributed by atoms with Crippen LogP contribution in [0.1, 0.15) is 44.4 Å². The Hall–Kier alpha value is -1.83. The van der Waals surface area contributed by atoms with Crippen molar-refractivity contribution in [1.29, 1.82) is 0 Å². The number of aliphatic hydroxyl groups is 2. The maximum Gasteiger partial charge on any atom is 0.122 e. The van der Waals surface area contributed by atoms with Crippen LogP contribution in [0.3, 0.4) is 0 Å². The van der Waals surface area contributed by atoms with Crippen molar-refractivity contribution in [1.82, 2.24) is 5.43 Å². The number of halogens is 1. The van der Waals surface area contributed by atoms with E-state index in [0.29, 0.717) is 5.75 Å².